The maximum absolute atomic E-state index is 16.8. The summed E-state index contributed by atoms with van der Waals surface area (Å²) in [6, 6.07) is 6.09. The standard InChI is InChI=1S/C34H31F3N6O2/c1-2-24-27(36)7-4-20-10-23(44)11-25(28(20)24)30-29(37)31-26(14-38-30)32(42-16-21-5-6-22(17-42)39-21)41-33(40-31)45-18-34-8-3-9-43(34)15-19(12-34)13-35/h1,4,7,10-11,13-14,21-22,39,44H,3,5-6,8-9,12,15-18H2/b19-13-/t21-,22+,34-/m0/s1. The number of ether oxygens (including phenoxy) is 1. The molecule has 230 valence electrons. The molecule has 3 atom stereocenters. The average Bonchev–Trinajstić information content (AvgIpc) is 3.71. The van der Waals surface area contributed by atoms with Crippen molar-refractivity contribution in [1.82, 2.24) is 25.2 Å². The van der Waals surface area contributed by atoms with Crippen LogP contribution in [0.3, 0.4) is 0 Å². The Morgan fingerprint density at radius 2 is 2.00 bits per heavy atom. The Labute approximate surface area is 257 Å². The van der Waals surface area contributed by atoms with Crippen LogP contribution in [-0.4, -0.2) is 75.4 Å². The third kappa shape index (κ3) is 4.58. The van der Waals surface area contributed by atoms with Crippen molar-refractivity contribution in [2.75, 3.05) is 37.7 Å². The summed E-state index contributed by atoms with van der Waals surface area (Å²) in [5.41, 5.74) is 0.344. The molecule has 2 bridgehead atoms. The molecule has 0 saturated carbocycles. The number of phenols is 1. The number of nitrogens with one attached hydrogen (secondary N) is 1. The number of pyridine rings is 1. The minimum Gasteiger partial charge on any atom is -0.508 e. The maximum Gasteiger partial charge on any atom is 0.319 e. The molecule has 0 amide bonds. The monoisotopic (exact) mass is 612 g/mol. The minimum absolute atomic E-state index is 0.00224. The molecule has 11 heteroatoms. The lowest BCUT2D eigenvalue weighted by Gasteiger charge is -2.34. The molecule has 4 aromatic rings. The normalized spacial score (nSPS) is 25.4. The highest BCUT2D eigenvalue weighted by Crippen LogP contribution is 2.43. The van der Waals surface area contributed by atoms with Gasteiger partial charge in [0, 0.05) is 48.9 Å². The first kappa shape index (κ1) is 28.1. The van der Waals surface area contributed by atoms with E-state index in [-0.39, 0.29) is 51.6 Å². The van der Waals surface area contributed by atoms with Crippen LogP contribution in [0.4, 0.5) is 19.0 Å². The Bertz CT molecular complexity index is 1930. The predicted molar refractivity (Wildman–Crippen MR) is 165 cm³/mol. The number of aromatic hydroxyl groups is 1. The number of rotatable bonds is 5. The van der Waals surface area contributed by atoms with E-state index in [0.717, 1.165) is 37.8 Å². The molecule has 0 unspecified atom stereocenters. The largest absolute Gasteiger partial charge is 0.508 e. The lowest BCUT2D eigenvalue weighted by Crippen LogP contribution is -2.51. The number of phenolic OH excluding ortho intramolecular Hbond substituents is 1. The second-order valence-corrected chi connectivity index (χ2v) is 12.7. The number of anilines is 1. The molecule has 0 aliphatic carbocycles. The highest BCUT2D eigenvalue weighted by atomic mass is 19.1. The van der Waals surface area contributed by atoms with Crippen LogP contribution in [0.2, 0.25) is 0 Å². The quantitative estimate of drug-likeness (QED) is 0.297. The molecule has 2 N–H and O–H groups in total. The third-order valence-electron chi connectivity index (χ3n) is 9.93. The summed E-state index contributed by atoms with van der Waals surface area (Å²) in [7, 11) is 0. The van der Waals surface area contributed by atoms with Gasteiger partial charge in [0.25, 0.3) is 0 Å². The Morgan fingerprint density at radius 1 is 1.18 bits per heavy atom. The van der Waals surface area contributed by atoms with E-state index in [2.05, 4.69) is 31.0 Å². The van der Waals surface area contributed by atoms with Crippen LogP contribution < -0.4 is 15.0 Å². The molecule has 4 saturated heterocycles. The summed E-state index contributed by atoms with van der Waals surface area (Å²) in [5, 5.41) is 15.3. The van der Waals surface area contributed by atoms with Crippen LogP contribution >= 0.6 is 0 Å². The zero-order chi connectivity index (χ0) is 30.9. The van der Waals surface area contributed by atoms with Gasteiger partial charge in [-0.2, -0.15) is 9.97 Å². The van der Waals surface area contributed by atoms with Crippen molar-refractivity contribution in [1.29, 1.82) is 0 Å². The van der Waals surface area contributed by atoms with Crippen LogP contribution in [0, 0.1) is 24.0 Å². The van der Waals surface area contributed by atoms with Gasteiger partial charge in [0.2, 0.25) is 0 Å². The molecule has 8 nitrogen and oxygen atoms in total. The van der Waals surface area contributed by atoms with E-state index in [1.165, 1.54) is 30.5 Å². The predicted octanol–water partition coefficient (Wildman–Crippen LogP) is 5.22. The first-order valence-corrected chi connectivity index (χ1v) is 15.3. The van der Waals surface area contributed by atoms with Gasteiger partial charge in [-0.25, -0.2) is 13.2 Å². The Morgan fingerprint density at radius 3 is 2.78 bits per heavy atom. The van der Waals surface area contributed by atoms with Crippen molar-refractivity contribution in [3.63, 3.8) is 0 Å². The first-order valence-electron chi connectivity index (χ1n) is 15.3. The van der Waals surface area contributed by atoms with Crippen molar-refractivity contribution in [3.05, 3.63) is 59.6 Å². The summed E-state index contributed by atoms with van der Waals surface area (Å²) < 4.78 is 51.4. The molecule has 45 heavy (non-hydrogen) atoms. The number of aromatic nitrogens is 3. The van der Waals surface area contributed by atoms with E-state index in [1.54, 1.807) is 0 Å². The number of hydrogen-bond acceptors (Lipinski definition) is 8. The Balaban J connectivity index is 1.27. The molecule has 4 aliphatic heterocycles. The summed E-state index contributed by atoms with van der Waals surface area (Å²) in [6.07, 6.45) is 12.4. The van der Waals surface area contributed by atoms with Crippen molar-refractivity contribution in [2.45, 2.75) is 49.7 Å². The lowest BCUT2D eigenvalue weighted by atomic mass is 9.94. The molecule has 2 aromatic heterocycles. The SMILES string of the molecule is C#Cc1c(F)ccc2cc(O)cc(-c3ncc4c(N5C[C@H]6CC[C@@H](C5)N6)nc(OC[C@@]56CCCN5C/C(=C\F)C6)nc4c3F)c12. The van der Waals surface area contributed by atoms with Gasteiger partial charge < -0.3 is 20.1 Å². The number of piperazine rings is 1. The Kier molecular flexibility index (Phi) is 6.62. The van der Waals surface area contributed by atoms with E-state index in [1.807, 2.05) is 0 Å². The van der Waals surface area contributed by atoms with Gasteiger partial charge >= 0.3 is 6.01 Å². The molecule has 8 rings (SSSR count). The second-order valence-electron chi connectivity index (χ2n) is 12.7. The van der Waals surface area contributed by atoms with Crippen molar-refractivity contribution >= 4 is 27.5 Å². The molecular formula is C34H31F3N6O2. The number of fused-ring (bicyclic) bond motifs is 5. The fourth-order valence-electron chi connectivity index (χ4n) is 7.89. The first-order chi connectivity index (χ1) is 21.9. The van der Waals surface area contributed by atoms with Gasteiger partial charge in [-0.3, -0.25) is 9.88 Å². The van der Waals surface area contributed by atoms with Gasteiger partial charge in [-0.15, -0.1) is 6.42 Å². The van der Waals surface area contributed by atoms with Gasteiger partial charge in [-0.1, -0.05) is 12.0 Å². The summed E-state index contributed by atoms with van der Waals surface area (Å²) in [6.45, 7) is 3.04. The minimum atomic E-state index is -0.762. The summed E-state index contributed by atoms with van der Waals surface area (Å²) in [4.78, 5) is 18.2. The summed E-state index contributed by atoms with van der Waals surface area (Å²) in [5.74, 6) is 1.36. The maximum atomic E-state index is 16.8. The third-order valence-corrected chi connectivity index (χ3v) is 9.93. The van der Waals surface area contributed by atoms with E-state index < -0.39 is 11.6 Å². The summed E-state index contributed by atoms with van der Waals surface area (Å²) >= 11 is 0. The molecule has 2 aromatic carbocycles. The second kappa shape index (κ2) is 10.6. The molecule has 4 aliphatic rings. The van der Waals surface area contributed by atoms with E-state index in [0.29, 0.717) is 61.1 Å². The fraction of sp³-hybridized carbons (Fsp3) is 0.382. The lowest BCUT2D eigenvalue weighted by molar-refractivity contribution is 0.108. The van der Waals surface area contributed by atoms with Gasteiger partial charge in [0.15, 0.2) is 5.82 Å². The van der Waals surface area contributed by atoms with E-state index in [4.69, 9.17) is 16.1 Å². The smallest absolute Gasteiger partial charge is 0.319 e. The van der Waals surface area contributed by atoms with Crippen LogP contribution in [0.25, 0.3) is 32.9 Å². The topological polar surface area (TPSA) is 86.6 Å². The highest BCUT2D eigenvalue weighted by molar-refractivity contribution is 6.03. The number of hydrogen-bond donors (Lipinski definition) is 2. The van der Waals surface area contributed by atoms with E-state index in [9.17, 15) is 13.9 Å². The molecule has 6 heterocycles. The van der Waals surface area contributed by atoms with Gasteiger partial charge in [-0.05, 0) is 67.8 Å². The molecule has 0 radical (unpaired) electrons. The van der Waals surface area contributed by atoms with Crippen molar-refractivity contribution in [2.24, 2.45) is 0 Å². The van der Waals surface area contributed by atoms with Gasteiger partial charge in [0.1, 0.15) is 35.2 Å². The van der Waals surface area contributed by atoms with Crippen molar-refractivity contribution < 1.29 is 23.0 Å². The molecular weight excluding hydrogens is 581 g/mol. The van der Waals surface area contributed by atoms with Crippen LogP contribution in [0.15, 0.2) is 42.4 Å². The van der Waals surface area contributed by atoms with Crippen LogP contribution in [0.5, 0.6) is 11.8 Å². The van der Waals surface area contributed by atoms with E-state index >= 15 is 4.39 Å². The number of benzene rings is 2. The zero-order valence-corrected chi connectivity index (χ0v) is 24.5. The highest BCUT2D eigenvalue weighted by Gasteiger charge is 2.47. The van der Waals surface area contributed by atoms with Crippen LogP contribution in [-0.2, 0) is 0 Å². The fourth-order valence-corrected chi connectivity index (χ4v) is 7.89. The molecule has 0 spiro atoms. The number of nitrogens with zero attached hydrogens (tertiary/aromatic N) is 5. The van der Waals surface area contributed by atoms with Crippen molar-refractivity contribution in [3.8, 4) is 35.4 Å². The van der Waals surface area contributed by atoms with Crippen LogP contribution in [0.1, 0.15) is 37.7 Å². The average molecular weight is 613 g/mol. The number of terminal acetylenes is 1. The molecule has 4 fully saturated rings. The number of halogens is 3. The zero-order valence-electron chi connectivity index (χ0n) is 24.5. The Hall–Kier alpha value is -4.40. The van der Waals surface area contributed by atoms with Gasteiger partial charge in [0.05, 0.1) is 22.8 Å².